The molecule has 1 unspecified atom stereocenters. The molecule has 1 aromatic heterocycles. The Morgan fingerprint density at radius 3 is 3.17 bits per heavy atom. The molecule has 6 nitrogen and oxygen atoms in total. The molecule has 3 N–H and O–H groups in total. The van der Waals surface area contributed by atoms with Gasteiger partial charge in [0.05, 0.1) is 17.4 Å². The molecule has 0 aliphatic carbocycles. The van der Waals surface area contributed by atoms with E-state index in [1.165, 1.54) is 6.20 Å². The van der Waals surface area contributed by atoms with E-state index in [0.29, 0.717) is 36.6 Å². The minimum Gasteiger partial charge on any atom is -0.397 e. The van der Waals surface area contributed by atoms with Crippen LogP contribution in [0.3, 0.4) is 0 Å². The summed E-state index contributed by atoms with van der Waals surface area (Å²) in [7, 11) is 0. The third kappa shape index (κ3) is 2.07. The molecule has 0 spiro atoms. The molecule has 1 aromatic rings. The maximum absolute atomic E-state index is 11.8. The number of pyridine rings is 1. The molecule has 1 aliphatic rings. The third-order valence-electron chi connectivity index (χ3n) is 3.00. The van der Waals surface area contributed by atoms with E-state index in [1.807, 2.05) is 11.8 Å². The summed E-state index contributed by atoms with van der Waals surface area (Å²) in [6, 6.07) is 3.39. The molecule has 1 amide bonds. The van der Waals surface area contributed by atoms with Crippen molar-refractivity contribution in [3.63, 3.8) is 0 Å². The molecular weight excluding hydrogens is 230 g/mol. The number of carbonyl (C=O) groups is 1. The lowest BCUT2D eigenvalue weighted by Crippen LogP contribution is -2.55. The summed E-state index contributed by atoms with van der Waals surface area (Å²) < 4.78 is 0. The average Bonchev–Trinajstić information content (AvgIpc) is 2.38. The Labute approximate surface area is 105 Å². The standard InChI is InChI=1S/C12H15N5O/c1-2-10-12(18)15-3-4-17(10)11-8(6-13)5-9(14)7-16-11/h5,7,10H,2-4,14H2,1H3,(H,15,18). The van der Waals surface area contributed by atoms with Crippen molar-refractivity contribution in [3.8, 4) is 6.07 Å². The molecule has 6 heteroatoms. The van der Waals surface area contributed by atoms with Crippen molar-refractivity contribution in [3.05, 3.63) is 17.8 Å². The number of nitrogen functional groups attached to an aromatic ring is 1. The van der Waals surface area contributed by atoms with Gasteiger partial charge < -0.3 is 16.0 Å². The van der Waals surface area contributed by atoms with Gasteiger partial charge in [-0.15, -0.1) is 0 Å². The van der Waals surface area contributed by atoms with Crippen molar-refractivity contribution in [2.75, 3.05) is 23.7 Å². The minimum absolute atomic E-state index is 0.0220. The van der Waals surface area contributed by atoms with Crippen LogP contribution in [0.15, 0.2) is 12.3 Å². The first-order chi connectivity index (χ1) is 8.67. The van der Waals surface area contributed by atoms with E-state index in [1.54, 1.807) is 6.07 Å². The second kappa shape index (κ2) is 4.92. The fourth-order valence-electron chi connectivity index (χ4n) is 2.16. The fraction of sp³-hybridized carbons (Fsp3) is 0.417. The third-order valence-corrected chi connectivity index (χ3v) is 3.00. The van der Waals surface area contributed by atoms with Gasteiger partial charge >= 0.3 is 0 Å². The smallest absolute Gasteiger partial charge is 0.242 e. The van der Waals surface area contributed by atoms with E-state index in [-0.39, 0.29) is 11.9 Å². The maximum atomic E-state index is 11.8. The average molecular weight is 245 g/mol. The van der Waals surface area contributed by atoms with Gasteiger partial charge in [0.2, 0.25) is 5.91 Å². The summed E-state index contributed by atoms with van der Waals surface area (Å²) in [5.74, 6) is 0.514. The highest BCUT2D eigenvalue weighted by atomic mass is 16.2. The van der Waals surface area contributed by atoms with Gasteiger partial charge in [-0.2, -0.15) is 5.26 Å². The molecular formula is C12H15N5O. The summed E-state index contributed by atoms with van der Waals surface area (Å²) in [4.78, 5) is 17.9. The quantitative estimate of drug-likeness (QED) is 0.778. The summed E-state index contributed by atoms with van der Waals surface area (Å²) in [5, 5.41) is 11.9. The number of amides is 1. The van der Waals surface area contributed by atoms with Gasteiger partial charge in [-0.05, 0) is 12.5 Å². The molecule has 1 atom stereocenters. The SMILES string of the molecule is CCC1C(=O)NCCN1c1ncc(N)cc1C#N. The molecule has 1 aliphatic heterocycles. The van der Waals surface area contributed by atoms with Crippen LogP contribution in [0.2, 0.25) is 0 Å². The number of rotatable bonds is 2. The van der Waals surface area contributed by atoms with Gasteiger partial charge in [-0.1, -0.05) is 6.92 Å². The van der Waals surface area contributed by atoms with E-state index >= 15 is 0 Å². The zero-order valence-electron chi connectivity index (χ0n) is 10.2. The summed E-state index contributed by atoms with van der Waals surface area (Å²) in [5.41, 5.74) is 6.47. The Hall–Kier alpha value is -2.29. The van der Waals surface area contributed by atoms with E-state index < -0.39 is 0 Å². The number of anilines is 2. The molecule has 94 valence electrons. The molecule has 0 radical (unpaired) electrons. The van der Waals surface area contributed by atoms with Crippen LogP contribution in [-0.2, 0) is 4.79 Å². The number of hydrogen-bond acceptors (Lipinski definition) is 5. The van der Waals surface area contributed by atoms with Crippen molar-refractivity contribution < 1.29 is 4.79 Å². The summed E-state index contributed by atoms with van der Waals surface area (Å²) in [6.07, 6.45) is 2.18. The van der Waals surface area contributed by atoms with Gasteiger partial charge in [0.15, 0.2) is 0 Å². The van der Waals surface area contributed by atoms with Gasteiger partial charge in [-0.25, -0.2) is 4.98 Å². The zero-order valence-corrected chi connectivity index (χ0v) is 10.2. The molecule has 18 heavy (non-hydrogen) atoms. The molecule has 1 fully saturated rings. The second-order valence-corrected chi connectivity index (χ2v) is 4.16. The van der Waals surface area contributed by atoms with Crippen LogP contribution in [0.5, 0.6) is 0 Å². The van der Waals surface area contributed by atoms with Crippen LogP contribution in [-0.4, -0.2) is 30.0 Å². The van der Waals surface area contributed by atoms with E-state index in [2.05, 4.69) is 16.4 Å². The van der Waals surface area contributed by atoms with Gasteiger partial charge in [0, 0.05) is 13.1 Å². The van der Waals surface area contributed by atoms with Crippen LogP contribution in [0.4, 0.5) is 11.5 Å². The minimum atomic E-state index is -0.276. The van der Waals surface area contributed by atoms with Crippen molar-refractivity contribution in [2.24, 2.45) is 0 Å². The van der Waals surface area contributed by atoms with Crippen LogP contribution in [0.25, 0.3) is 0 Å². The number of nitrogens with one attached hydrogen (secondary N) is 1. The molecule has 2 heterocycles. The lowest BCUT2D eigenvalue weighted by atomic mass is 10.1. The number of nitriles is 1. The Kier molecular flexibility index (Phi) is 3.33. The van der Waals surface area contributed by atoms with Gasteiger partial charge in [0.25, 0.3) is 0 Å². The predicted octanol–water partition coefficient (Wildman–Crippen LogP) is 0.250. The highest BCUT2D eigenvalue weighted by molar-refractivity contribution is 5.86. The second-order valence-electron chi connectivity index (χ2n) is 4.16. The maximum Gasteiger partial charge on any atom is 0.242 e. The van der Waals surface area contributed by atoms with Crippen molar-refractivity contribution in [1.29, 1.82) is 5.26 Å². The lowest BCUT2D eigenvalue weighted by Gasteiger charge is -2.35. The highest BCUT2D eigenvalue weighted by Gasteiger charge is 2.30. The Balaban J connectivity index is 2.41. The largest absolute Gasteiger partial charge is 0.397 e. The molecule has 2 rings (SSSR count). The molecule has 1 saturated heterocycles. The topological polar surface area (TPSA) is 95.0 Å². The Bertz CT molecular complexity index is 508. The first-order valence-electron chi connectivity index (χ1n) is 5.87. The first-order valence-corrected chi connectivity index (χ1v) is 5.87. The van der Waals surface area contributed by atoms with E-state index in [4.69, 9.17) is 11.0 Å². The molecule has 0 saturated carbocycles. The molecule has 0 aromatic carbocycles. The summed E-state index contributed by atoms with van der Waals surface area (Å²) in [6.45, 7) is 3.15. The number of nitrogens with two attached hydrogens (primary N) is 1. The van der Waals surface area contributed by atoms with E-state index in [0.717, 1.165) is 0 Å². The Morgan fingerprint density at radius 1 is 1.72 bits per heavy atom. The van der Waals surface area contributed by atoms with Crippen LogP contribution in [0.1, 0.15) is 18.9 Å². The number of piperazine rings is 1. The van der Waals surface area contributed by atoms with Gasteiger partial charge in [0.1, 0.15) is 17.9 Å². The van der Waals surface area contributed by atoms with Crippen LogP contribution < -0.4 is 16.0 Å². The molecule has 0 bridgehead atoms. The Morgan fingerprint density at radius 2 is 2.50 bits per heavy atom. The number of nitrogens with zero attached hydrogens (tertiary/aromatic N) is 3. The monoisotopic (exact) mass is 245 g/mol. The van der Waals surface area contributed by atoms with Crippen LogP contribution in [0, 0.1) is 11.3 Å². The summed E-state index contributed by atoms with van der Waals surface area (Å²) >= 11 is 0. The van der Waals surface area contributed by atoms with Crippen molar-refractivity contribution in [1.82, 2.24) is 10.3 Å². The van der Waals surface area contributed by atoms with E-state index in [9.17, 15) is 4.79 Å². The highest BCUT2D eigenvalue weighted by Crippen LogP contribution is 2.23. The number of carbonyl (C=O) groups excluding carboxylic acids is 1. The van der Waals surface area contributed by atoms with Crippen molar-refractivity contribution in [2.45, 2.75) is 19.4 Å². The number of aromatic nitrogens is 1. The fourth-order valence-corrected chi connectivity index (χ4v) is 2.16. The predicted molar refractivity (Wildman–Crippen MR) is 67.8 cm³/mol. The first kappa shape index (κ1) is 12.2. The van der Waals surface area contributed by atoms with Crippen molar-refractivity contribution >= 4 is 17.4 Å². The number of hydrogen-bond donors (Lipinski definition) is 2. The lowest BCUT2D eigenvalue weighted by molar-refractivity contribution is -0.123. The van der Waals surface area contributed by atoms with Crippen LogP contribution >= 0.6 is 0 Å². The zero-order chi connectivity index (χ0) is 13.1. The van der Waals surface area contributed by atoms with Gasteiger partial charge in [-0.3, -0.25) is 4.79 Å². The normalized spacial score (nSPS) is 19.2.